The highest BCUT2D eigenvalue weighted by Crippen LogP contribution is 2.26. The minimum atomic E-state index is -0.881. The predicted molar refractivity (Wildman–Crippen MR) is 81.4 cm³/mol. The van der Waals surface area contributed by atoms with Gasteiger partial charge in [0.2, 0.25) is 0 Å². The van der Waals surface area contributed by atoms with Crippen molar-refractivity contribution in [1.82, 2.24) is 5.32 Å². The average Bonchev–Trinajstić information content (AvgIpc) is 2.39. The van der Waals surface area contributed by atoms with Gasteiger partial charge in [0, 0.05) is 48.8 Å². The van der Waals surface area contributed by atoms with E-state index >= 15 is 0 Å². The fourth-order valence-corrected chi connectivity index (χ4v) is 2.19. The van der Waals surface area contributed by atoms with Gasteiger partial charge in [-0.25, -0.2) is 0 Å². The normalized spacial score (nSPS) is 15.9. The van der Waals surface area contributed by atoms with Gasteiger partial charge < -0.3 is 20.3 Å². The Hall–Kier alpha value is -0.360. The smallest absolute Gasteiger partial charge is 0.0929 e. The standard InChI is InChI=1S/C14H21Cl2NO3/c1-14(19,5-6-20-2)9-17-8-13(18)11-7-10(15)3-4-12(11)16/h3-4,7,13,17-19H,5-6,8-9H2,1-2H3. The van der Waals surface area contributed by atoms with Crippen LogP contribution in [0.4, 0.5) is 0 Å². The minimum absolute atomic E-state index is 0.281. The van der Waals surface area contributed by atoms with Crippen molar-refractivity contribution >= 4 is 23.2 Å². The Balaban J connectivity index is 2.47. The highest BCUT2D eigenvalue weighted by molar-refractivity contribution is 6.33. The van der Waals surface area contributed by atoms with Crippen molar-refractivity contribution in [2.45, 2.75) is 25.0 Å². The predicted octanol–water partition coefficient (Wildman–Crippen LogP) is 2.40. The number of methoxy groups -OCH3 is 1. The van der Waals surface area contributed by atoms with Crippen LogP contribution in [0.15, 0.2) is 18.2 Å². The Labute approximate surface area is 129 Å². The molecule has 1 aromatic rings. The largest absolute Gasteiger partial charge is 0.389 e. The van der Waals surface area contributed by atoms with E-state index in [0.717, 1.165) is 0 Å². The maximum atomic E-state index is 10.1. The quantitative estimate of drug-likeness (QED) is 0.688. The molecule has 1 rings (SSSR count). The summed E-state index contributed by atoms with van der Waals surface area (Å²) >= 11 is 11.9. The van der Waals surface area contributed by atoms with E-state index in [-0.39, 0.29) is 6.54 Å². The van der Waals surface area contributed by atoms with Crippen LogP contribution in [0.5, 0.6) is 0 Å². The van der Waals surface area contributed by atoms with E-state index in [1.165, 1.54) is 0 Å². The van der Waals surface area contributed by atoms with Gasteiger partial charge in [0.15, 0.2) is 0 Å². The zero-order valence-electron chi connectivity index (χ0n) is 11.7. The van der Waals surface area contributed by atoms with E-state index in [4.69, 9.17) is 27.9 Å². The molecule has 0 aliphatic carbocycles. The molecular weight excluding hydrogens is 301 g/mol. The molecular formula is C14H21Cl2NO3. The van der Waals surface area contributed by atoms with Crippen molar-refractivity contribution in [2.75, 3.05) is 26.8 Å². The van der Waals surface area contributed by atoms with E-state index in [1.54, 1.807) is 32.2 Å². The maximum Gasteiger partial charge on any atom is 0.0929 e. The molecule has 1 aromatic carbocycles. The fraction of sp³-hybridized carbons (Fsp3) is 0.571. The van der Waals surface area contributed by atoms with Gasteiger partial charge >= 0.3 is 0 Å². The number of benzene rings is 1. The maximum absolute atomic E-state index is 10.1. The molecule has 4 nitrogen and oxygen atoms in total. The summed E-state index contributed by atoms with van der Waals surface area (Å²) in [7, 11) is 1.59. The molecule has 2 atom stereocenters. The summed E-state index contributed by atoms with van der Waals surface area (Å²) in [6, 6.07) is 4.96. The van der Waals surface area contributed by atoms with Gasteiger partial charge in [0.1, 0.15) is 0 Å². The fourth-order valence-electron chi connectivity index (χ4n) is 1.77. The topological polar surface area (TPSA) is 61.7 Å². The molecule has 0 fully saturated rings. The van der Waals surface area contributed by atoms with Gasteiger partial charge in [-0.1, -0.05) is 23.2 Å². The minimum Gasteiger partial charge on any atom is -0.389 e. The van der Waals surface area contributed by atoms with E-state index in [2.05, 4.69) is 5.32 Å². The summed E-state index contributed by atoms with van der Waals surface area (Å²) in [4.78, 5) is 0. The summed E-state index contributed by atoms with van der Waals surface area (Å²) in [5.41, 5.74) is -0.309. The second-order valence-electron chi connectivity index (χ2n) is 5.05. The first-order valence-corrected chi connectivity index (χ1v) is 7.16. The van der Waals surface area contributed by atoms with Crippen LogP contribution in [0.25, 0.3) is 0 Å². The van der Waals surface area contributed by atoms with Gasteiger partial charge in [-0.05, 0) is 25.1 Å². The first kappa shape index (κ1) is 17.7. The lowest BCUT2D eigenvalue weighted by Gasteiger charge is -2.24. The lowest BCUT2D eigenvalue weighted by molar-refractivity contribution is 0.0225. The van der Waals surface area contributed by atoms with Crippen LogP contribution >= 0.6 is 23.2 Å². The molecule has 0 saturated carbocycles. The lowest BCUT2D eigenvalue weighted by Crippen LogP contribution is -2.40. The first-order valence-electron chi connectivity index (χ1n) is 6.41. The molecule has 2 unspecified atom stereocenters. The number of aliphatic hydroxyl groups excluding tert-OH is 1. The Morgan fingerprint density at radius 2 is 2.10 bits per heavy atom. The van der Waals surface area contributed by atoms with Crippen molar-refractivity contribution in [3.05, 3.63) is 33.8 Å². The van der Waals surface area contributed by atoms with Crippen molar-refractivity contribution < 1.29 is 14.9 Å². The second kappa shape index (κ2) is 8.17. The lowest BCUT2D eigenvalue weighted by atomic mass is 10.0. The van der Waals surface area contributed by atoms with Gasteiger partial charge in [-0.15, -0.1) is 0 Å². The molecule has 0 aliphatic heterocycles. The van der Waals surface area contributed by atoms with Crippen LogP contribution in [-0.4, -0.2) is 42.6 Å². The van der Waals surface area contributed by atoms with Crippen LogP contribution < -0.4 is 5.32 Å². The van der Waals surface area contributed by atoms with Crippen LogP contribution in [0.3, 0.4) is 0 Å². The van der Waals surface area contributed by atoms with E-state index < -0.39 is 11.7 Å². The monoisotopic (exact) mass is 321 g/mol. The van der Waals surface area contributed by atoms with E-state index in [9.17, 15) is 10.2 Å². The van der Waals surface area contributed by atoms with Crippen molar-refractivity contribution in [2.24, 2.45) is 0 Å². The molecule has 0 amide bonds. The third-order valence-corrected chi connectivity index (χ3v) is 3.58. The van der Waals surface area contributed by atoms with Crippen LogP contribution in [0.1, 0.15) is 25.0 Å². The van der Waals surface area contributed by atoms with Crippen molar-refractivity contribution in [1.29, 1.82) is 0 Å². The number of ether oxygens (including phenoxy) is 1. The summed E-state index contributed by atoms with van der Waals surface area (Å²) in [6.45, 7) is 2.84. The first-order chi connectivity index (χ1) is 9.35. The summed E-state index contributed by atoms with van der Waals surface area (Å²) in [6.07, 6.45) is -0.260. The van der Waals surface area contributed by atoms with Gasteiger partial charge in [0.25, 0.3) is 0 Å². The van der Waals surface area contributed by atoms with E-state index in [0.29, 0.717) is 35.2 Å². The van der Waals surface area contributed by atoms with Crippen LogP contribution in [0.2, 0.25) is 10.0 Å². The molecule has 3 N–H and O–H groups in total. The third-order valence-electron chi connectivity index (χ3n) is 3.01. The molecule has 0 saturated heterocycles. The van der Waals surface area contributed by atoms with Crippen LogP contribution in [-0.2, 0) is 4.74 Å². The number of rotatable bonds is 8. The summed E-state index contributed by atoms with van der Waals surface area (Å²) < 4.78 is 4.93. The SMILES string of the molecule is COCCC(C)(O)CNCC(O)c1cc(Cl)ccc1Cl. The molecule has 0 aliphatic rings. The number of aliphatic hydroxyl groups is 2. The van der Waals surface area contributed by atoms with Gasteiger partial charge in [-0.2, -0.15) is 0 Å². The molecule has 0 heterocycles. The second-order valence-corrected chi connectivity index (χ2v) is 5.90. The van der Waals surface area contributed by atoms with Gasteiger partial charge in [-0.3, -0.25) is 0 Å². The number of halogens is 2. The average molecular weight is 322 g/mol. The highest BCUT2D eigenvalue weighted by atomic mass is 35.5. The third kappa shape index (κ3) is 5.95. The number of hydrogen-bond acceptors (Lipinski definition) is 4. The molecule has 20 heavy (non-hydrogen) atoms. The molecule has 114 valence electrons. The Morgan fingerprint density at radius 1 is 1.40 bits per heavy atom. The van der Waals surface area contributed by atoms with Crippen LogP contribution in [0, 0.1) is 0 Å². The zero-order valence-corrected chi connectivity index (χ0v) is 13.2. The molecule has 0 radical (unpaired) electrons. The Bertz CT molecular complexity index is 427. The zero-order chi connectivity index (χ0) is 15.2. The number of nitrogens with one attached hydrogen (secondary N) is 1. The van der Waals surface area contributed by atoms with Crippen molar-refractivity contribution in [3.8, 4) is 0 Å². The molecule has 0 spiro atoms. The molecule has 6 heteroatoms. The Kier molecular flexibility index (Phi) is 7.23. The Morgan fingerprint density at radius 3 is 2.75 bits per heavy atom. The molecule has 0 bridgehead atoms. The van der Waals surface area contributed by atoms with Crippen molar-refractivity contribution in [3.63, 3.8) is 0 Å². The summed E-state index contributed by atoms with van der Waals surface area (Å²) in [5, 5.41) is 24.2. The number of hydrogen-bond donors (Lipinski definition) is 3. The van der Waals surface area contributed by atoms with Gasteiger partial charge in [0.05, 0.1) is 11.7 Å². The molecule has 0 aromatic heterocycles. The van der Waals surface area contributed by atoms with E-state index in [1.807, 2.05) is 0 Å². The highest BCUT2D eigenvalue weighted by Gasteiger charge is 2.20. The summed E-state index contributed by atoms with van der Waals surface area (Å²) in [5.74, 6) is 0.